The van der Waals surface area contributed by atoms with E-state index in [0.717, 1.165) is 0 Å². The lowest BCUT2D eigenvalue weighted by molar-refractivity contribution is -0.150. The third kappa shape index (κ3) is 5.78. The summed E-state index contributed by atoms with van der Waals surface area (Å²) in [5, 5.41) is 0. The first-order valence-corrected chi connectivity index (χ1v) is 7.48. The number of ketones is 1. The van der Waals surface area contributed by atoms with Crippen molar-refractivity contribution in [1.29, 1.82) is 0 Å². The number of ether oxygens (including phenoxy) is 2. The van der Waals surface area contributed by atoms with E-state index in [0.29, 0.717) is 11.3 Å². The zero-order valence-electron chi connectivity index (χ0n) is 13.8. The third-order valence-electron chi connectivity index (χ3n) is 3.04. The third-order valence-corrected chi connectivity index (χ3v) is 3.04. The molecule has 2 rings (SSSR count). The fourth-order valence-corrected chi connectivity index (χ4v) is 1.75. The standard InChI is InChI=1S/C17H16N2O7/c1-11(20)12-4-6-13(7-5-12)25-10-16(22)26-9-15(21)18-19-17(23)14-3-2-8-24-14/h2-8H,9-10H2,1H3,(H,18,21)(H,19,23). The minimum absolute atomic E-state index is 0.0199. The van der Waals surface area contributed by atoms with Gasteiger partial charge in [0.15, 0.2) is 24.8 Å². The van der Waals surface area contributed by atoms with Crippen LogP contribution in [0.2, 0.25) is 0 Å². The summed E-state index contributed by atoms with van der Waals surface area (Å²) in [5.74, 6) is -1.83. The van der Waals surface area contributed by atoms with Gasteiger partial charge >= 0.3 is 11.9 Å². The summed E-state index contributed by atoms with van der Waals surface area (Å²) in [7, 11) is 0. The Morgan fingerprint density at radius 1 is 1.00 bits per heavy atom. The molecule has 1 aromatic carbocycles. The molecule has 2 N–H and O–H groups in total. The van der Waals surface area contributed by atoms with E-state index in [1.54, 1.807) is 24.3 Å². The molecule has 0 fully saturated rings. The van der Waals surface area contributed by atoms with Gasteiger partial charge < -0.3 is 13.9 Å². The zero-order valence-corrected chi connectivity index (χ0v) is 13.8. The van der Waals surface area contributed by atoms with Gasteiger partial charge in [-0.3, -0.25) is 25.2 Å². The number of carbonyl (C=O) groups is 4. The molecule has 2 aromatic rings. The van der Waals surface area contributed by atoms with Crippen molar-refractivity contribution in [3.8, 4) is 5.75 Å². The summed E-state index contributed by atoms with van der Waals surface area (Å²) in [4.78, 5) is 45.7. The molecule has 0 aliphatic carbocycles. The van der Waals surface area contributed by atoms with Crippen molar-refractivity contribution in [3.63, 3.8) is 0 Å². The second kappa shape index (κ2) is 9.02. The summed E-state index contributed by atoms with van der Waals surface area (Å²) >= 11 is 0. The molecule has 9 nitrogen and oxygen atoms in total. The summed E-state index contributed by atoms with van der Waals surface area (Å²) in [6.07, 6.45) is 1.31. The Bertz CT molecular complexity index is 782. The molecule has 1 heterocycles. The quantitative estimate of drug-likeness (QED) is 0.426. The molecule has 1 aromatic heterocycles. The van der Waals surface area contributed by atoms with E-state index in [2.05, 4.69) is 10.9 Å². The van der Waals surface area contributed by atoms with Crippen molar-refractivity contribution in [3.05, 3.63) is 54.0 Å². The molecular formula is C17H16N2O7. The van der Waals surface area contributed by atoms with E-state index in [1.807, 2.05) is 0 Å². The van der Waals surface area contributed by atoms with Crippen LogP contribution in [0.15, 0.2) is 47.1 Å². The van der Waals surface area contributed by atoms with Gasteiger partial charge in [-0.05, 0) is 43.3 Å². The van der Waals surface area contributed by atoms with Gasteiger partial charge in [0.25, 0.3) is 5.91 Å². The van der Waals surface area contributed by atoms with Gasteiger partial charge in [0.2, 0.25) is 0 Å². The largest absolute Gasteiger partial charge is 0.482 e. The predicted octanol–water partition coefficient (Wildman–Crippen LogP) is 0.865. The number of benzene rings is 1. The highest BCUT2D eigenvalue weighted by Gasteiger charge is 2.12. The molecule has 0 unspecified atom stereocenters. The Kier molecular flexibility index (Phi) is 6.49. The Morgan fingerprint density at radius 2 is 1.73 bits per heavy atom. The average molecular weight is 360 g/mol. The number of esters is 1. The number of rotatable bonds is 7. The molecule has 136 valence electrons. The minimum Gasteiger partial charge on any atom is -0.482 e. The van der Waals surface area contributed by atoms with Gasteiger partial charge in [-0.15, -0.1) is 0 Å². The molecule has 2 amide bonds. The second-order valence-corrected chi connectivity index (χ2v) is 5.01. The Labute approximate surface area is 148 Å². The Morgan fingerprint density at radius 3 is 2.35 bits per heavy atom. The van der Waals surface area contributed by atoms with Crippen molar-refractivity contribution in [2.24, 2.45) is 0 Å². The van der Waals surface area contributed by atoms with Crippen LogP contribution in [0.3, 0.4) is 0 Å². The number of hydrogen-bond donors (Lipinski definition) is 2. The fourth-order valence-electron chi connectivity index (χ4n) is 1.75. The molecule has 0 bridgehead atoms. The number of hydrazine groups is 1. The SMILES string of the molecule is CC(=O)c1ccc(OCC(=O)OCC(=O)NNC(=O)c2ccco2)cc1. The highest BCUT2D eigenvalue weighted by atomic mass is 16.6. The van der Waals surface area contributed by atoms with Crippen molar-refractivity contribution in [1.82, 2.24) is 10.9 Å². The topological polar surface area (TPSA) is 124 Å². The molecule has 0 aliphatic heterocycles. The summed E-state index contributed by atoms with van der Waals surface area (Å²) in [5.41, 5.74) is 4.69. The van der Waals surface area contributed by atoms with Gasteiger partial charge in [-0.2, -0.15) is 0 Å². The first-order valence-electron chi connectivity index (χ1n) is 7.48. The number of amides is 2. The normalized spacial score (nSPS) is 9.88. The van der Waals surface area contributed by atoms with Crippen molar-refractivity contribution < 1.29 is 33.1 Å². The number of carbonyl (C=O) groups excluding carboxylic acids is 4. The van der Waals surface area contributed by atoms with Crippen LogP contribution in [-0.2, 0) is 14.3 Å². The maximum Gasteiger partial charge on any atom is 0.344 e. The van der Waals surface area contributed by atoms with Gasteiger partial charge in [-0.1, -0.05) is 0 Å². The van der Waals surface area contributed by atoms with Crippen molar-refractivity contribution >= 4 is 23.6 Å². The molecule has 0 saturated heterocycles. The zero-order chi connectivity index (χ0) is 18.9. The van der Waals surface area contributed by atoms with Crippen LogP contribution in [-0.4, -0.2) is 36.8 Å². The van der Waals surface area contributed by atoms with E-state index in [-0.39, 0.29) is 11.5 Å². The molecule has 0 aliphatic rings. The summed E-state index contributed by atoms with van der Waals surface area (Å²) < 4.78 is 14.7. The molecular weight excluding hydrogens is 344 g/mol. The average Bonchev–Trinajstić information content (AvgIpc) is 3.17. The van der Waals surface area contributed by atoms with E-state index in [4.69, 9.17) is 13.9 Å². The molecule has 26 heavy (non-hydrogen) atoms. The van der Waals surface area contributed by atoms with Crippen LogP contribution >= 0.6 is 0 Å². The first-order chi connectivity index (χ1) is 12.5. The van der Waals surface area contributed by atoms with E-state index < -0.39 is 31.0 Å². The van der Waals surface area contributed by atoms with Crippen molar-refractivity contribution in [2.75, 3.05) is 13.2 Å². The molecule has 0 spiro atoms. The van der Waals surface area contributed by atoms with Gasteiger partial charge in [-0.25, -0.2) is 4.79 Å². The molecule has 0 radical (unpaired) electrons. The van der Waals surface area contributed by atoms with Gasteiger partial charge in [0.05, 0.1) is 6.26 Å². The number of nitrogens with one attached hydrogen (secondary N) is 2. The lowest BCUT2D eigenvalue weighted by Crippen LogP contribution is -2.43. The van der Waals surface area contributed by atoms with E-state index in [1.165, 1.54) is 25.3 Å². The molecule has 9 heteroatoms. The van der Waals surface area contributed by atoms with Crippen LogP contribution < -0.4 is 15.6 Å². The smallest absolute Gasteiger partial charge is 0.344 e. The second-order valence-electron chi connectivity index (χ2n) is 5.01. The minimum atomic E-state index is -0.770. The van der Waals surface area contributed by atoms with Gasteiger partial charge in [0, 0.05) is 5.56 Å². The number of hydrogen-bond acceptors (Lipinski definition) is 7. The van der Waals surface area contributed by atoms with E-state index >= 15 is 0 Å². The van der Waals surface area contributed by atoms with Crippen LogP contribution in [0, 0.1) is 0 Å². The summed E-state index contributed by atoms with van der Waals surface area (Å²) in [6.45, 7) is 0.435. The van der Waals surface area contributed by atoms with Crippen LogP contribution in [0.4, 0.5) is 0 Å². The number of Topliss-reactive ketones (excluding diaryl/α,β-unsaturated/α-hetero) is 1. The predicted molar refractivity (Wildman–Crippen MR) is 87.2 cm³/mol. The van der Waals surface area contributed by atoms with E-state index in [9.17, 15) is 19.2 Å². The monoisotopic (exact) mass is 360 g/mol. The highest BCUT2D eigenvalue weighted by molar-refractivity contribution is 5.94. The first kappa shape index (κ1) is 18.7. The maximum atomic E-state index is 11.5. The Hall–Kier alpha value is -3.62. The van der Waals surface area contributed by atoms with Crippen molar-refractivity contribution in [2.45, 2.75) is 6.92 Å². The van der Waals surface area contributed by atoms with Crippen LogP contribution in [0.5, 0.6) is 5.75 Å². The van der Waals surface area contributed by atoms with Crippen LogP contribution in [0.1, 0.15) is 27.8 Å². The lowest BCUT2D eigenvalue weighted by Gasteiger charge is -2.08. The lowest BCUT2D eigenvalue weighted by atomic mass is 10.1. The summed E-state index contributed by atoms with van der Waals surface area (Å²) in [6, 6.07) is 9.16. The Balaban J connectivity index is 1.65. The van der Waals surface area contributed by atoms with Gasteiger partial charge in [0.1, 0.15) is 5.75 Å². The fraction of sp³-hybridized carbons (Fsp3) is 0.176. The molecule has 0 atom stereocenters. The maximum absolute atomic E-state index is 11.5. The molecule has 0 saturated carbocycles. The number of furan rings is 1. The van der Waals surface area contributed by atoms with Crippen LogP contribution in [0.25, 0.3) is 0 Å². The highest BCUT2D eigenvalue weighted by Crippen LogP contribution is 2.12.